The molecule has 1 amide bonds. The van der Waals surface area contributed by atoms with Crippen molar-refractivity contribution in [2.75, 3.05) is 18.0 Å². The summed E-state index contributed by atoms with van der Waals surface area (Å²) in [6.45, 7) is 2.56. The van der Waals surface area contributed by atoms with E-state index in [0.717, 1.165) is 34.0 Å². The van der Waals surface area contributed by atoms with Gasteiger partial charge in [-0.1, -0.05) is 41.1 Å². The van der Waals surface area contributed by atoms with Crippen LogP contribution in [0.15, 0.2) is 42.5 Å². The Morgan fingerprint density at radius 2 is 1.96 bits per heavy atom. The largest absolute Gasteiger partial charge is 0.348 e. The Kier molecular flexibility index (Phi) is 5.09. The predicted molar refractivity (Wildman–Crippen MR) is 108 cm³/mol. The molecule has 0 bridgehead atoms. The molecule has 1 aliphatic rings. The van der Waals surface area contributed by atoms with E-state index in [1.54, 1.807) is 11.3 Å². The molecule has 3 aromatic rings. The zero-order chi connectivity index (χ0) is 17.9. The van der Waals surface area contributed by atoms with E-state index in [-0.39, 0.29) is 5.91 Å². The minimum atomic E-state index is -0.0975. The van der Waals surface area contributed by atoms with Crippen molar-refractivity contribution in [3.05, 3.63) is 58.6 Å². The molecule has 26 heavy (non-hydrogen) atoms. The highest BCUT2D eigenvalue weighted by Gasteiger charge is 2.16. The van der Waals surface area contributed by atoms with E-state index >= 15 is 0 Å². The van der Waals surface area contributed by atoms with Crippen LogP contribution in [0, 0.1) is 0 Å². The second-order valence-electron chi connectivity index (χ2n) is 6.50. The first-order valence-corrected chi connectivity index (χ1v) is 10.1. The molecule has 134 valence electrons. The predicted octanol–water partition coefficient (Wildman–Crippen LogP) is 4.87. The number of nitrogens with one attached hydrogen (secondary N) is 1. The standard InChI is InChI=1S/C20H20ClN3OS/c21-16-7-3-2-6-15(16)13-22-19(25)14-8-9-17-18(12-14)26-20(23-17)24-10-4-1-5-11-24/h2-3,6-9,12H,1,4-5,10-11,13H2,(H,22,25). The molecule has 0 atom stereocenters. The number of anilines is 1. The molecule has 2 aromatic carbocycles. The van der Waals surface area contributed by atoms with Crippen molar-refractivity contribution in [2.45, 2.75) is 25.8 Å². The Morgan fingerprint density at radius 3 is 2.77 bits per heavy atom. The quantitative estimate of drug-likeness (QED) is 0.696. The summed E-state index contributed by atoms with van der Waals surface area (Å²) in [5, 5.41) is 4.67. The number of hydrogen-bond acceptors (Lipinski definition) is 4. The summed E-state index contributed by atoms with van der Waals surface area (Å²) in [5.74, 6) is -0.0975. The van der Waals surface area contributed by atoms with Crippen molar-refractivity contribution in [1.82, 2.24) is 10.3 Å². The van der Waals surface area contributed by atoms with Gasteiger partial charge in [-0.15, -0.1) is 0 Å². The van der Waals surface area contributed by atoms with E-state index in [4.69, 9.17) is 16.6 Å². The molecular weight excluding hydrogens is 366 g/mol. The van der Waals surface area contributed by atoms with Gasteiger partial charge in [0.15, 0.2) is 5.13 Å². The molecule has 0 spiro atoms. The fraction of sp³-hybridized carbons (Fsp3) is 0.300. The van der Waals surface area contributed by atoms with E-state index in [2.05, 4.69) is 10.2 Å². The van der Waals surface area contributed by atoms with Crippen molar-refractivity contribution < 1.29 is 4.79 Å². The first-order valence-electron chi connectivity index (χ1n) is 8.88. The molecule has 4 rings (SSSR count). The van der Waals surface area contributed by atoms with E-state index in [9.17, 15) is 4.79 Å². The average Bonchev–Trinajstić information content (AvgIpc) is 3.11. The third-order valence-corrected chi connectivity index (χ3v) is 6.11. The smallest absolute Gasteiger partial charge is 0.251 e. The maximum absolute atomic E-state index is 12.5. The molecule has 1 N–H and O–H groups in total. The van der Waals surface area contributed by atoms with Gasteiger partial charge in [0.05, 0.1) is 10.2 Å². The molecular formula is C20H20ClN3OS. The number of carbonyl (C=O) groups excluding carboxylic acids is 1. The van der Waals surface area contributed by atoms with Gasteiger partial charge in [-0.3, -0.25) is 4.79 Å². The molecule has 0 radical (unpaired) electrons. The topological polar surface area (TPSA) is 45.2 Å². The SMILES string of the molecule is O=C(NCc1ccccc1Cl)c1ccc2nc(N3CCCCC3)sc2c1. The number of rotatable bonds is 4. The lowest BCUT2D eigenvalue weighted by Crippen LogP contribution is -2.29. The monoisotopic (exact) mass is 385 g/mol. The molecule has 4 nitrogen and oxygen atoms in total. The highest BCUT2D eigenvalue weighted by molar-refractivity contribution is 7.22. The second kappa shape index (κ2) is 7.64. The van der Waals surface area contributed by atoms with Crippen LogP contribution in [0.2, 0.25) is 5.02 Å². The van der Waals surface area contributed by atoms with Crippen LogP contribution in [0.25, 0.3) is 10.2 Å². The molecule has 1 fully saturated rings. The molecule has 0 unspecified atom stereocenters. The number of thiazole rings is 1. The highest BCUT2D eigenvalue weighted by atomic mass is 35.5. The lowest BCUT2D eigenvalue weighted by molar-refractivity contribution is 0.0951. The third kappa shape index (κ3) is 3.69. The zero-order valence-corrected chi connectivity index (χ0v) is 15.9. The number of benzene rings is 2. The fourth-order valence-corrected chi connectivity index (χ4v) is 4.45. The summed E-state index contributed by atoms with van der Waals surface area (Å²) in [7, 11) is 0. The summed E-state index contributed by atoms with van der Waals surface area (Å²) in [5.41, 5.74) is 2.52. The van der Waals surface area contributed by atoms with Crippen LogP contribution in [0.4, 0.5) is 5.13 Å². The van der Waals surface area contributed by atoms with Crippen LogP contribution in [-0.2, 0) is 6.54 Å². The zero-order valence-electron chi connectivity index (χ0n) is 14.4. The van der Waals surface area contributed by atoms with E-state index in [1.807, 2.05) is 42.5 Å². The number of amides is 1. The van der Waals surface area contributed by atoms with Gasteiger partial charge in [-0.2, -0.15) is 0 Å². The number of aromatic nitrogens is 1. The van der Waals surface area contributed by atoms with Crippen molar-refractivity contribution in [3.8, 4) is 0 Å². The maximum Gasteiger partial charge on any atom is 0.251 e. The Hall–Kier alpha value is -2.11. The van der Waals surface area contributed by atoms with Crippen molar-refractivity contribution >= 4 is 44.2 Å². The van der Waals surface area contributed by atoms with Crippen molar-refractivity contribution in [2.24, 2.45) is 0 Å². The van der Waals surface area contributed by atoms with Gasteiger partial charge in [0.2, 0.25) is 0 Å². The number of hydrogen-bond donors (Lipinski definition) is 1. The highest BCUT2D eigenvalue weighted by Crippen LogP contribution is 2.31. The number of halogens is 1. The molecule has 0 saturated carbocycles. The lowest BCUT2D eigenvalue weighted by Gasteiger charge is -2.25. The van der Waals surface area contributed by atoms with Gasteiger partial charge >= 0.3 is 0 Å². The van der Waals surface area contributed by atoms with Crippen LogP contribution in [0.5, 0.6) is 0 Å². The first-order chi connectivity index (χ1) is 12.7. The summed E-state index contributed by atoms with van der Waals surface area (Å²) >= 11 is 7.81. The number of piperidine rings is 1. The minimum Gasteiger partial charge on any atom is -0.348 e. The summed E-state index contributed by atoms with van der Waals surface area (Å²) in [6.07, 6.45) is 3.76. The Bertz CT molecular complexity index is 934. The van der Waals surface area contributed by atoms with Crippen LogP contribution in [0.3, 0.4) is 0 Å². The Morgan fingerprint density at radius 1 is 1.15 bits per heavy atom. The van der Waals surface area contributed by atoms with Gasteiger partial charge in [0.25, 0.3) is 5.91 Å². The average molecular weight is 386 g/mol. The molecule has 1 aromatic heterocycles. The summed E-state index contributed by atoms with van der Waals surface area (Å²) < 4.78 is 1.05. The van der Waals surface area contributed by atoms with Crippen molar-refractivity contribution in [3.63, 3.8) is 0 Å². The van der Waals surface area contributed by atoms with Crippen LogP contribution in [-0.4, -0.2) is 24.0 Å². The van der Waals surface area contributed by atoms with E-state index < -0.39 is 0 Å². The molecule has 1 aliphatic heterocycles. The Balaban J connectivity index is 1.49. The van der Waals surface area contributed by atoms with Gasteiger partial charge in [-0.25, -0.2) is 4.98 Å². The first kappa shape index (κ1) is 17.3. The fourth-order valence-electron chi connectivity index (χ4n) is 3.19. The van der Waals surface area contributed by atoms with Gasteiger partial charge in [0, 0.05) is 30.2 Å². The van der Waals surface area contributed by atoms with E-state index in [1.165, 1.54) is 19.3 Å². The summed E-state index contributed by atoms with van der Waals surface area (Å²) in [4.78, 5) is 19.6. The number of carbonyl (C=O) groups is 1. The number of nitrogens with zero attached hydrogens (tertiary/aromatic N) is 2. The van der Waals surface area contributed by atoms with Gasteiger partial charge < -0.3 is 10.2 Å². The van der Waals surface area contributed by atoms with Gasteiger partial charge in [0.1, 0.15) is 0 Å². The second-order valence-corrected chi connectivity index (χ2v) is 7.92. The summed E-state index contributed by atoms with van der Waals surface area (Å²) in [6, 6.07) is 13.2. The molecule has 1 saturated heterocycles. The maximum atomic E-state index is 12.5. The Labute approximate surface area is 161 Å². The third-order valence-electron chi connectivity index (χ3n) is 4.66. The van der Waals surface area contributed by atoms with Crippen LogP contribution in [0.1, 0.15) is 35.2 Å². The minimum absolute atomic E-state index is 0.0975. The van der Waals surface area contributed by atoms with Crippen molar-refractivity contribution in [1.29, 1.82) is 0 Å². The van der Waals surface area contributed by atoms with Crippen LogP contribution < -0.4 is 10.2 Å². The number of fused-ring (bicyclic) bond motifs is 1. The molecule has 0 aliphatic carbocycles. The lowest BCUT2D eigenvalue weighted by atomic mass is 10.1. The van der Waals surface area contributed by atoms with Gasteiger partial charge in [-0.05, 0) is 49.1 Å². The normalized spacial score (nSPS) is 14.6. The molecule has 2 heterocycles. The van der Waals surface area contributed by atoms with E-state index in [0.29, 0.717) is 17.1 Å². The molecule has 6 heteroatoms. The van der Waals surface area contributed by atoms with Crippen LogP contribution >= 0.6 is 22.9 Å².